The predicted molar refractivity (Wildman–Crippen MR) is 75.2 cm³/mol. The Bertz CT molecular complexity index is 535. The lowest BCUT2D eigenvalue weighted by molar-refractivity contribution is 0.249. The van der Waals surface area contributed by atoms with Gasteiger partial charge in [0.1, 0.15) is 0 Å². The minimum absolute atomic E-state index is 0.0439. The summed E-state index contributed by atoms with van der Waals surface area (Å²) in [5, 5.41) is 5.71. The Hall–Kier alpha value is -2.23. The van der Waals surface area contributed by atoms with E-state index in [1.807, 2.05) is 44.2 Å². The molecule has 0 saturated carbocycles. The first kappa shape index (κ1) is 13.2. The van der Waals surface area contributed by atoms with E-state index in [4.69, 9.17) is 4.42 Å². The van der Waals surface area contributed by atoms with E-state index in [-0.39, 0.29) is 12.1 Å². The van der Waals surface area contributed by atoms with E-state index in [0.29, 0.717) is 0 Å². The van der Waals surface area contributed by atoms with Crippen molar-refractivity contribution in [2.45, 2.75) is 26.3 Å². The number of anilines is 1. The molecule has 0 bridgehead atoms. The van der Waals surface area contributed by atoms with Crippen LogP contribution in [0, 0.1) is 6.92 Å². The van der Waals surface area contributed by atoms with E-state index in [0.717, 1.165) is 23.2 Å². The van der Waals surface area contributed by atoms with Gasteiger partial charge in [-0.2, -0.15) is 0 Å². The first-order valence-electron chi connectivity index (χ1n) is 6.29. The number of benzene rings is 1. The summed E-state index contributed by atoms with van der Waals surface area (Å²) < 4.78 is 5.00. The SMILES string of the molecule is Cc1cccc(NC(=O)NC(C)Cc2ccoc2)c1. The lowest BCUT2D eigenvalue weighted by Crippen LogP contribution is -2.37. The second-order valence-electron chi connectivity index (χ2n) is 4.70. The summed E-state index contributed by atoms with van der Waals surface area (Å²) in [5.74, 6) is 0. The Morgan fingerprint density at radius 1 is 1.37 bits per heavy atom. The summed E-state index contributed by atoms with van der Waals surface area (Å²) in [6, 6.07) is 9.46. The first-order valence-corrected chi connectivity index (χ1v) is 6.29. The van der Waals surface area contributed by atoms with Gasteiger partial charge in [0, 0.05) is 11.7 Å². The van der Waals surface area contributed by atoms with E-state index >= 15 is 0 Å². The van der Waals surface area contributed by atoms with Gasteiger partial charge in [-0.05, 0) is 49.6 Å². The van der Waals surface area contributed by atoms with Crippen LogP contribution < -0.4 is 10.6 Å². The van der Waals surface area contributed by atoms with Gasteiger partial charge in [-0.25, -0.2) is 4.79 Å². The zero-order valence-corrected chi connectivity index (χ0v) is 11.1. The van der Waals surface area contributed by atoms with Crippen LogP contribution in [0.2, 0.25) is 0 Å². The van der Waals surface area contributed by atoms with Crippen molar-refractivity contribution in [3.8, 4) is 0 Å². The van der Waals surface area contributed by atoms with Crippen LogP contribution in [0.5, 0.6) is 0 Å². The second-order valence-corrected chi connectivity index (χ2v) is 4.70. The van der Waals surface area contributed by atoms with Crippen molar-refractivity contribution >= 4 is 11.7 Å². The molecule has 0 aliphatic carbocycles. The van der Waals surface area contributed by atoms with Crippen LogP contribution in [-0.2, 0) is 6.42 Å². The van der Waals surface area contributed by atoms with Crippen molar-refractivity contribution in [1.82, 2.24) is 5.32 Å². The molecule has 2 N–H and O–H groups in total. The Balaban J connectivity index is 1.84. The maximum atomic E-state index is 11.8. The molecule has 4 heteroatoms. The van der Waals surface area contributed by atoms with E-state index in [1.54, 1.807) is 12.5 Å². The molecule has 2 rings (SSSR count). The summed E-state index contributed by atoms with van der Waals surface area (Å²) in [4.78, 5) is 11.8. The lowest BCUT2D eigenvalue weighted by atomic mass is 10.1. The van der Waals surface area contributed by atoms with Gasteiger partial charge in [0.25, 0.3) is 0 Å². The summed E-state index contributed by atoms with van der Waals surface area (Å²) in [5.41, 5.74) is 2.99. The fourth-order valence-electron chi connectivity index (χ4n) is 1.93. The quantitative estimate of drug-likeness (QED) is 0.883. The summed E-state index contributed by atoms with van der Waals surface area (Å²) >= 11 is 0. The van der Waals surface area contributed by atoms with Crippen LogP contribution in [0.4, 0.5) is 10.5 Å². The summed E-state index contributed by atoms with van der Waals surface area (Å²) in [6.45, 7) is 3.95. The van der Waals surface area contributed by atoms with E-state index in [2.05, 4.69) is 10.6 Å². The fourth-order valence-corrected chi connectivity index (χ4v) is 1.93. The Kier molecular flexibility index (Phi) is 4.23. The number of nitrogens with one attached hydrogen (secondary N) is 2. The Morgan fingerprint density at radius 2 is 2.21 bits per heavy atom. The van der Waals surface area contributed by atoms with E-state index in [9.17, 15) is 4.79 Å². The van der Waals surface area contributed by atoms with Gasteiger partial charge in [0.05, 0.1) is 12.5 Å². The molecule has 0 saturated heterocycles. The lowest BCUT2D eigenvalue weighted by Gasteiger charge is -2.14. The van der Waals surface area contributed by atoms with Gasteiger partial charge < -0.3 is 15.1 Å². The van der Waals surface area contributed by atoms with Gasteiger partial charge in [-0.1, -0.05) is 12.1 Å². The molecule has 1 aromatic heterocycles. The maximum absolute atomic E-state index is 11.8. The number of carbonyl (C=O) groups excluding carboxylic acids is 1. The number of aryl methyl sites for hydroxylation is 1. The normalized spacial score (nSPS) is 11.9. The van der Waals surface area contributed by atoms with E-state index < -0.39 is 0 Å². The Labute approximate surface area is 112 Å². The molecule has 0 aliphatic rings. The zero-order chi connectivity index (χ0) is 13.7. The number of amides is 2. The Morgan fingerprint density at radius 3 is 2.89 bits per heavy atom. The van der Waals surface area contributed by atoms with Crippen molar-refractivity contribution in [1.29, 1.82) is 0 Å². The number of urea groups is 1. The predicted octanol–water partition coefficient (Wildman–Crippen LogP) is 3.34. The summed E-state index contributed by atoms with van der Waals surface area (Å²) in [7, 11) is 0. The molecule has 1 unspecified atom stereocenters. The smallest absolute Gasteiger partial charge is 0.319 e. The number of rotatable bonds is 4. The molecule has 2 aromatic rings. The molecule has 1 aromatic carbocycles. The van der Waals surface area contributed by atoms with Crippen molar-refractivity contribution in [2.75, 3.05) is 5.32 Å². The van der Waals surface area contributed by atoms with Crippen LogP contribution in [-0.4, -0.2) is 12.1 Å². The molecule has 0 fully saturated rings. The highest BCUT2D eigenvalue weighted by molar-refractivity contribution is 5.89. The van der Waals surface area contributed by atoms with Crippen molar-refractivity contribution in [3.05, 3.63) is 54.0 Å². The summed E-state index contributed by atoms with van der Waals surface area (Å²) in [6.07, 6.45) is 4.07. The minimum Gasteiger partial charge on any atom is -0.472 e. The molecule has 100 valence electrons. The number of carbonyl (C=O) groups is 1. The third kappa shape index (κ3) is 4.17. The largest absolute Gasteiger partial charge is 0.472 e. The molecule has 2 amide bonds. The van der Waals surface area contributed by atoms with Gasteiger partial charge >= 0.3 is 6.03 Å². The number of hydrogen-bond acceptors (Lipinski definition) is 2. The molecule has 4 nitrogen and oxygen atoms in total. The average molecular weight is 258 g/mol. The van der Waals surface area contributed by atoms with Crippen molar-refractivity contribution < 1.29 is 9.21 Å². The molecule has 1 atom stereocenters. The molecule has 19 heavy (non-hydrogen) atoms. The molecule has 0 aliphatic heterocycles. The van der Waals surface area contributed by atoms with Crippen LogP contribution in [0.25, 0.3) is 0 Å². The van der Waals surface area contributed by atoms with Crippen molar-refractivity contribution in [2.24, 2.45) is 0 Å². The minimum atomic E-state index is -0.193. The molecule has 0 radical (unpaired) electrons. The monoisotopic (exact) mass is 258 g/mol. The number of furan rings is 1. The average Bonchev–Trinajstić information content (AvgIpc) is 2.81. The first-order chi connectivity index (χ1) is 9.13. The topological polar surface area (TPSA) is 54.3 Å². The van der Waals surface area contributed by atoms with Crippen LogP contribution in [0.15, 0.2) is 47.3 Å². The van der Waals surface area contributed by atoms with E-state index in [1.165, 1.54) is 0 Å². The van der Waals surface area contributed by atoms with Gasteiger partial charge in [0.2, 0.25) is 0 Å². The van der Waals surface area contributed by atoms with Crippen LogP contribution in [0.3, 0.4) is 0 Å². The standard InChI is InChI=1S/C15H18N2O2/c1-11-4-3-5-14(8-11)17-15(18)16-12(2)9-13-6-7-19-10-13/h3-8,10,12H,9H2,1-2H3,(H2,16,17,18). The second kappa shape index (κ2) is 6.09. The molecule has 0 spiro atoms. The zero-order valence-electron chi connectivity index (χ0n) is 11.1. The highest BCUT2D eigenvalue weighted by Gasteiger charge is 2.08. The fraction of sp³-hybridized carbons (Fsp3) is 0.267. The number of hydrogen-bond donors (Lipinski definition) is 2. The highest BCUT2D eigenvalue weighted by Crippen LogP contribution is 2.09. The van der Waals surface area contributed by atoms with Gasteiger partial charge in [0.15, 0.2) is 0 Å². The van der Waals surface area contributed by atoms with Gasteiger partial charge in [-0.3, -0.25) is 0 Å². The molecular formula is C15H18N2O2. The third-order valence-electron chi connectivity index (χ3n) is 2.78. The molecular weight excluding hydrogens is 240 g/mol. The van der Waals surface area contributed by atoms with Gasteiger partial charge in [-0.15, -0.1) is 0 Å². The highest BCUT2D eigenvalue weighted by atomic mass is 16.3. The maximum Gasteiger partial charge on any atom is 0.319 e. The van der Waals surface area contributed by atoms with Crippen molar-refractivity contribution in [3.63, 3.8) is 0 Å². The van der Waals surface area contributed by atoms with Crippen LogP contribution >= 0.6 is 0 Å². The van der Waals surface area contributed by atoms with Crippen LogP contribution in [0.1, 0.15) is 18.1 Å². The third-order valence-corrected chi connectivity index (χ3v) is 2.78. The molecule has 1 heterocycles.